The lowest BCUT2D eigenvalue weighted by molar-refractivity contribution is -0.128. The zero-order valence-electron chi connectivity index (χ0n) is 27.5. The van der Waals surface area contributed by atoms with Crippen molar-refractivity contribution in [3.63, 3.8) is 0 Å². The van der Waals surface area contributed by atoms with Crippen molar-refractivity contribution in [2.45, 2.75) is 128 Å². The molecule has 2 fully saturated rings. The highest BCUT2D eigenvalue weighted by Gasteiger charge is 2.30. The zero-order chi connectivity index (χ0) is 31.6. The second-order valence-electron chi connectivity index (χ2n) is 12.7. The van der Waals surface area contributed by atoms with Gasteiger partial charge in [0, 0.05) is 54.7 Å². The molecule has 0 aromatic heterocycles. The maximum absolute atomic E-state index is 13.1. The lowest BCUT2D eigenvalue weighted by Gasteiger charge is -2.23. The molecule has 1 saturated carbocycles. The van der Waals surface area contributed by atoms with Crippen LogP contribution in [-0.2, 0) is 15.3 Å². The Balaban J connectivity index is 1.44. The lowest BCUT2D eigenvalue weighted by atomic mass is 9.86. The predicted octanol–water partition coefficient (Wildman–Crippen LogP) is 7.10. The van der Waals surface area contributed by atoms with Gasteiger partial charge in [-0.25, -0.2) is 0 Å². The number of benzene rings is 1. The summed E-state index contributed by atoms with van der Waals surface area (Å²) >= 11 is 1.64. The normalized spacial score (nSPS) is 16.8. The highest BCUT2D eigenvalue weighted by Crippen LogP contribution is 2.33. The molecular weight excluding hydrogens is 568 g/mol. The molecule has 44 heavy (non-hydrogen) atoms. The monoisotopic (exact) mass is 626 g/mol. The van der Waals surface area contributed by atoms with Crippen LogP contribution < -0.4 is 16.4 Å². The molecule has 3 rings (SSSR count). The lowest BCUT2D eigenvalue weighted by Crippen LogP contribution is -2.48. The highest BCUT2D eigenvalue weighted by molar-refractivity contribution is 7.98. The van der Waals surface area contributed by atoms with Crippen molar-refractivity contribution in [3.05, 3.63) is 46.7 Å². The van der Waals surface area contributed by atoms with E-state index in [-0.39, 0.29) is 17.7 Å². The van der Waals surface area contributed by atoms with E-state index in [0.29, 0.717) is 42.5 Å². The molecule has 2 atom stereocenters. The summed E-state index contributed by atoms with van der Waals surface area (Å²) in [6.45, 7) is 6.49. The second kappa shape index (κ2) is 20.5. The molecule has 246 valence electrons. The third-order valence-electron chi connectivity index (χ3n) is 9.02. The second-order valence-corrected chi connectivity index (χ2v) is 13.7. The van der Waals surface area contributed by atoms with Crippen LogP contribution in [-0.4, -0.2) is 54.1 Å². The van der Waals surface area contributed by atoms with E-state index in [9.17, 15) is 14.4 Å². The topological polar surface area (TPSA) is 105 Å². The molecule has 8 heteroatoms. The summed E-state index contributed by atoms with van der Waals surface area (Å²) in [7, 11) is 0. The van der Waals surface area contributed by atoms with E-state index in [1.807, 2.05) is 29.2 Å². The Bertz CT molecular complexity index is 1050. The van der Waals surface area contributed by atoms with Gasteiger partial charge in [0.1, 0.15) is 6.04 Å². The Labute approximate surface area is 270 Å². The quantitative estimate of drug-likeness (QED) is 0.126. The summed E-state index contributed by atoms with van der Waals surface area (Å²) in [5.74, 6) is 1.44. The van der Waals surface area contributed by atoms with Gasteiger partial charge in [-0.05, 0) is 56.2 Å². The first-order valence-electron chi connectivity index (χ1n) is 17.4. The maximum Gasteiger partial charge on any atom is 0.253 e. The molecule has 2 unspecified atom stereocenters. The Morgan fingerprint density at radius 1 is 0.932 bits per heavy atom. The summed E-state index contributed by atoms with van der Waals surface area (Å²) in [6.07, 6.45) is 17.4. The van der Waals surface area contributed by atoms with Crippen molar-refractivity contribution in [1.82, 2.24) is 15.5 Å². The van der Waals surface area contributed by atoms with Crippen molar-refractivity contribution >= 4 is 29.5 Å². The van der Waals surface area contributed by atoms with Crippen LogP contribution in [0.2, 0.25) is 0 Å². The summed E-state index contributed by atoms with van der Waals surface area (Å²) < 4.78 is 0. The Kier molecular flexibility index (Phi) is 16.8. The summed E-state index contributed by atoms with van der Waals surface area (Å²) in [4.78, 5) is 40.8. The molecule has 0 radical (unpaired) electrons. The molecule has 0 spiro atoms. The van der Waals surface area contributed by atoms with Gasteiger partial charge >= 0.3 is 0 Å². The predicted molar refractivity (Wildman–Crippen MR) is 183 cm³/mol. The van der Waals surface area contributed by atoms with Crippen molar-refractivity contribution in [1.29, 1.82) is 0 Å². The summed E-state index contributed by atoms with van der Waals surface area (Å²) in [6, 6.07) is 7.27. The number of allylic oxidation sites excluding steroid dienone is 1. The van der Waals surface area contributed by atoms with Crippen LogP contribution in [0.3, 0.4) is 0 Å². The number of rotatable bonds is 21. The number of hydrogen-bond donors (Lipinski definition) is 3. The first kappa shape index (κ1) is 36.0. The Hall–Kier alpha value is -2.48. The van der Waals surface area contributed by atoms with Crippen LogP contribution in [0, 0.1) is 5.92 Å². The molecule has 7 nitrogen and oxygen atoms in total. The number of carbonyl (C=O) groups excluding carboxylic acids is 3. The number of nitrogens with one attached hydrogen (secondary N) is 2. The van der Waals surface area contributed by atoms with Gasteiger partial charge in [0.2, 0.25) is 11.8 Å². The molecule has 3 amide bonds. The fourth-order valence-corrected chi connectivity index (χ4v) is 6.95. The van der Waals surface area contributed by atoms with Gasteiger partial charge in [-0.2, -0.15) is 11.8 Å². The summed E-state index contributed by atoms with van der Waals surface area (Å²) in [5, 5.41) is 6.05. The third kappa shape index (κ3) is 12.5. The number of likely N-dealkylation sites (tertiary alicyclic amines) is 1. The number of nitrogens with zero attached hydrogens (tertiary/aromatic N) is 1. The fourth-order valence-electron chi connectivity index (χ4n) is 5.93. The number of hydrogen-bond acceptors (Lipinski definition) is 5. The minimum atomic E-state index is -0.547. The number of thioether (sulfide) groups is 1. The number of carbonyl (C=O) groups is 3. The molecule has 0 bridgehead atoms. The van der Waals surface area contributed by atoms with Crippen molar-refractivity contribution in [2.24, 2.45) is 11.7 Å². The fraction of sp³-hybridized carbons (Fsp3) is 0.694. The van der Waals surface area contributed by atoms with Crippen LogP contribution >= 0.6 is 11.8 Å². The van der Waals surface area contributed by atoms with E-state index in [0.717, 1.165) is 69.2 Å². The van der Waals surface area contributed by atoms with Gasteiger partial charge in [-0.3, -0.25) is 14.4 Å². The van der Waals surface area contributed by atoms with E-state index < -0.39 is 6.04 Å². The molecule has 4 N–H and O–H groups in total. The van der Waals surface area contributed by atoms with Crippen molar-refractivity contribution < 1.29 is 14.4 Å². The van der Waals surface area contributed by atoms with E-state index in [1.54, 1.807) is 11.8 Å². The average molecular weight is 627 g/mol. The standard InChI is InChI=1S/C36H58N4O3S/c1-3-5-7-9-10-11-12-17-33(41)39-32(35(42)38-23-13-8-6-4-2)27-44-26-28-18-20-30(21-19-28)36(43)40-24-22-31(25-40)34(37)29-15-14-16-29/h18-21,31-32H,3-17,22-27,37H2,1-2H3,(H,38,42)(H,39,41). The van der Waals surface area contributed by atoms with E-state index >= 15 is 0 Å². The van der Waals surface area contributed by atoms with Crippen LogP contribution in [0.25, 0.3) is 0 Å². The first-order chi connectivity index (χ1) is 21.4. The average Bonchev–Trinajstić information content (AvgIpc) is 3.50. The number of amides is 3. The van der Waals surface area contributed by atoms with Crippen molar-refractivity contribution in [2.75, 3.05) is 25.4 Å². The largest absolute Gasteiger partial charge is 0.402 e. The Morgan fingerprint density at radius 3 is 2.25 bits per heavy atom. The highest BCUT2D eigenvalue weighted by atomic mass is 32.2. The molecule has 1 aromatic carbocycles. The zero-order valence-corrected chi connectivity index (χ0v) is 28.3. The molecule has 2 aliphatic rings. The van der Waals surface area contributed by atoms with Gasteiger partial charge < -0.3 is 21.3 Å². The molecular formula is C36H58N4O3S. The van der Waals surface area contributed by atoms with Gasteiger partial charge in [0.15, 0.2) is 0 Å². The minimum Gasteiger partial charge on any atom is -0.402 e. The molecule has 1 aromatic rings. The van der Waals surface area contributed by atoms with Gasteiger partial charge in [0.05, 0.1) is 0 Å². The minimum absolute atomic E-state index is 0.0389. The number of unbranched alkanes of at least 4 members (excludes halogenated alkanes) is 9. The van der Waals surface area contributed by atoms with E-state index in [1.165, 1.54) is 50.5 Å². The Morgan fingerprint density at radius 2 is 1.59 bits per heavy atom. The summed E-state index contributed by atoms with van der Waals surface area (Å²) in [5.41, 5.74) is 10.6. The third-order valence-corrected chi connectivity index (χ3v) is 10.1. The van der Waals surface area contributed by atoms with Crippen LogP contribution in [0.5, 0.6) is 0 Å². The van der Waals surface area contributed by atoms with Crippen molar-refractivity contribution in [3.8, 4) is 0 Å². The smallest absolute Gasteiger partial charge is 0.253 e. The van der Waals surface area contributed by atoms with E-state index in [4.69, 9.17) is 5.73 Å². The van der Waals surface area contributed by atoms with Crippen LogP contribution in [0.4, 0.5) is 0 Å². The molecule has 1 heterocycles. The molecule has 1 aliphatic carbocycles. The van der Waals surface area contributed by atoms with Crippen LogP contribution in [0.15, 0.2) is 35.5 Å². The van der Waals surface area contributed by atoms with Gasteiger partial charge in [0.25, 0.3) is 5.91 Å². The SMILES string of the molecule is CCCCCCCCCC(=O)NC(CSCc1ccc(C(=O)N2CCC(C(N)=C3CCC3)C2)cc1)C(=O)NCCCCCC. The molecule has 1 aliphatic heterocycles. The number of nitrogens with two attached hydrogens (primary N) is 1. The van der Waals surface area contributed by atoms with Crippen LogP contribution in [0.1, 0.15) is 133 Å². The maximum atomic E-state index is 13.1. The van der Waals surface area contributed by atoms with Gasteiger partial charge in [-0.1, -0.05) is 89.3 Å². The molecule has 1 saturated heterocycles. The first-order valence-corrected chi connectivity index (χ1v) is 18.6. The van der Waals surface area contributed by atoms with E-state index in [2.05, 4.69) is 24.5 Å². The van der Waals surface area contributed by atoms with Gasteiger partial charge in [-0.15, -0.1) is 0 Å².